The van der Waals surface area contributed by atoms with E-state index in [1.807, 2.05) is 6.92 Å². The fourth-order valence-electron chi connectivity index (χ4n) is 16.2. The van der Waals surface area contributed by atoms with Crippen LogP contribution in [0, 0.1) is 40.4 Å². The molecule has 29 heteroatoms. The third-order valence-corrected chi connectivity index (χ3v) is 21.4. The number of aliphatic hydroxyl groups is 13. The second kappa shape index (κ2) is 25.3. The zero-order valence-electron chi connectivity index (χ0n) is 49.1. The average molecular weight is 1250 g/mol. The number of ether oxygens (including phenoxy) is 11. The number of epoxide rings is 1. The summed E-state index contributed by atoms with van der Waals surface area (Å²) in [5.41, 5.74) is -0.895. The number of rotatable bonds is 17. The van der Waals surface area contributed by atoms with E-state index in [0.29, 0.717) is 25.2 Å². The quantitative estimate of drug-likeness (QED) is 0.0395. The van der Waals surface area contributed by atoms with E-state index in [0.717, 1.165) is 19.3 Å². The van der Waals surface area contributed by atoms with E-state index in [9.17, 15) is 79.4 Å². The van der Waals surface area contributed by atoms with Gasteiger partial charge in [0.15, 0.2) is 31.5 Å². The maximum Gasteiger partial charge on any atom is 0.397 e. The largest absolute Gasteiger partial charge is 0.397 e. The van der Waals surface area contributed by atoms with Crippen LogP contribution in [0.1, 0.15) is 107 Å². The van der Waals surface area contributed by atoms with Gasteiger partial charge in [0.1, 0.15) is 104 Å². The van der Waals surface area contributed by atoms with Crippen molar-refractivity contribution in [2.24, 2.45) is 40.4 Å². The molecule has 0 aromatic carbocycles. The zero-order valence-corrected chi connectivity index (χ0v) is 49.9. The van der Waals surface area contributed by atoms with Gasteiger partial charge in [-0.3, -0.25) is 4.55 Å². The van der Waals surface area contributed by atoms with Gasteiger partial charge in [-0.15, -0.1) is 0 Å². The van der Waals surface area contributed by atoms with Crippen molar-refractivity contribution in [3.8, 4) is 0 Å². The molecular formula is C56H92O28S. The fourth-order valence-corrected chi connectivity index (χ4v) is 16.7. The summed E-state index contributed by atoms with van der Waals surface area (Å²) < 4.78 is 107. The Kier molecular flexibility index (Phi) is 19.8. The average Bonchev–Trinajstić information content (AvgIpc) is 1.72. The third-order valence-electron chi connectivity index (χ3n) is 20.9. The molecule has 490 valence electrons. The third kappa shape index (κ3) is 12.7. The van der Waals surface area contributed by atoms with Gasteiger partial charge >= 0.3 is 10.4 Å². The van der Waals surface area contributed by atoms with E-state index < -0.39 is 200 Å². The van der Waals surface area contributed by atoms with Crippen LogP contribution < -0.4 is 0 Å². The summed E-state index contributed by atoms with van der Waals surface area (Å²) in [7, 11) is -4.87. The molecule has 0 aromatic rings. The molecule has 0 aromatic heterocycles. The summed E-state index contributed by atoms with van der Waals surface area (Å²) in [6.45, 7) is 13.2. The molecule has 35 atom stereocenters. The molecule has 28 nitrogen and oxygen atoms in total. The first-order valence-electron chi connectivity index (χ1n) is 30.1. The van der Waals surface area contributed by atoms with Gasteiger partial charge in [-0.05, 0) is 119 Å². The number of aliphatic hydroxyl groups excluding tert-OH is 12. The van der Waals surface area contributed by atoms with Crippen LogP contribution in [0.4, 0.5) is 0 Å². The molecular weight excluding hydrogens is 1150 g/mol. The van der Waals surface area contributed by atoms with Crippen LogP contribution in [-0.4, -0.2) is 270 Å². The molecule has 0 radical (unpaired) electrons. The molecule has 85 heavy (non-hydrogen) atoms. The Morgan fingerprint density at radius 1 is 0.612 bits per heavy atom. The van der Waals surface area contributed by atoms with Crippen LogP contribution in [0.3, 0.4) is 0 Å². The monoisotopic (exact) mass is 1240 g/mol. The lowest BCUT2D eigenvalue weighted by molar-refractivity contribution is -0.398. The molecule has 6 aliphatic heterocycles. The molecule has 0 spiro atoms. The Morgan fingerprint density at radius 3 is 1.76 bits per heavy atom. The van der Waals surface area contributed by atoms with Crippen molar-refractivity contribution in [2.45, 2.75) is 284 Å². The highest BCUT2D eigenvalue weighted by Gasteiger charge is 2.67. The second-order valence-corrected chi connectivity index (χ2v) is 28.0. The highest BCUT2D eigenvalue weighted by molar-refractivity contribution is 7.80. The molecule has 14 N–H and O–H groups in total. The minimum absolute atomic E-state index is 0.0379. The summed E-state index contributed by atoms with van der Waals surface area (Å²) >= 11 is 0. The van der Waals surface area contributed by atoms with Crippen molar-refractivity contribution in [3.05, 3.63) is 11.6 Å². The first-order valence-corrected chi connectivity index (χ1v) is 31.5. The predicted octanol–water partition coefficient (Wildman–Crippen LogP) is -2.87. The summed E-state index contributed by atoms with van der Waals surface area (Å²) in [5, 5.41) is 146. The maximum atomic E-state index is 12.4. The van der Waals surface area contributed by atoms with Gasteiger partial charge in [0, 0.05) is 0 Å². The molecule has 10 aliphatic rings. The first-order chi connectivity index (χ1) is 39.8. The highest BCUT2D eigenvalue weighted by atomic mass is 32.3. The minimum atomic E-state index is -4.87. The van der Waals surface area contributed by atoms with E-state index >= 15 is 0 Å². The van der Waals surface area contributed by atoms with Gasteiger partial charge in [0.25, 0.3) is 0 Å². The van der Waals surface area contributed by atoms with Crippen molar-refractivity contribution < 1.29 is 136 Å². The van der Waals surface area contributed by atoms with Gasteiger partial charge in [-0.25, -0.2) is 4.18 Å². The summed E-state index contributed by atoms with van der Waals surface area (Å²) in [6, 6.07) is 0. The van der Waals surface area contributed by atoms with Gasteiger partial charge in [-0.1, -0.05) is 39.3 Å². The van der Waals surface area contributed by atoms with Gasteiger partial charge in [-0.2, -0.15) is 8.42 Å². The Hall–Kier alpha value is -1.35. The zero-order chi connectivity index (χ0) is 61.9. The number of fused-ring (bicyclic) bond motifs is 5. The molecule has 6 saturated heterocycles. The summed E-state index contributed by atoms with van der Waals surface area (Å²) in [4.78, 5) is 0. The SMILES string of the molecule is CC(C)C[C@@H]1O[C@H]1[C@](C)(O)[C@H]1CCC2C3C[C@H](O[C@@H]4O[C@H](C)[C@@H](O)[C@H](O[C@@H]5OC[C@@H](O[C@@H]6O[C@H](CO)[C@H](O)[C@H](O)[C@H]6O[C@@H]6O[C@H](C)[C@H](O)[C@H](O)[C@H]6O)[C@H](O)[C@H]5O[C@@H]5O[C@H](C)[C@@H](O)[C@H](O)[C@H]5O)[C@H]4O)C4C[C@@H](OS(=O)(=O)O)CC[C@]4(C)C3=CC[C@@]21C. The predicted molar refractivity (Wildman–Crippen MR) is 285 cm³/mol. The van der Waals surface area contributed by atoms with Crippen molar-refractivity contribution >= 4 is 10.4 Å². The molecule has 9 fully saturated rings. The van der Waals surface area contributed by atoms with Crippen molar-refractivity contribution in [3.63, 3.8) is 0 Å². The maximum absolute atomic E-state index is 12.4. The number of hydrogen-bond donors (Lipinski definition) is 14. The standard InChI is InChI=1S/C56H92O28S/c1-20(2)15-30-48(77-30)56(8,69)33-10-9-26-25-17-29(28-16-24(84-85(70,71)72)11-13-54(28,6)27(25)12-14-55(26,33)7)78-51-44(68)45(36(60)23(5)76-51)81-52-46(82-49-42(66)39(63)34(58)21(3)74-49)38(62)32(19-73-52)80-53-47(41(65)37(61)31(18-57)79-53)83-50-43(67)40(64)35(59)22(4)75-50/h12,20-26,28-53,57-69H,9-11,13-19H2,1-8H3,(H,70,71,72)/t21-,22-,23-,24+,25?,26?,28?,29+,30+,31-,32-,33+,34-,35+,36-,37+,38+,39+,40+,41+,42-,43-,44-,45+,46-,47-,48-,49+,50+,51+,52+,53+,54-,55+,56-/m1/s1. The van der Waals surface area contributed by atoms with Gasteiger partial charge in [0.2, 0.25) is 0 Å². The number of hydrogen-bond acceptors (Lipinski definition) is 27. The number of allylic oxidation sites excluding steroid dienone is 2. The first kappa shape index (κ1) is 66.6. The lowest BCUT2D eigenvalue weighted by atomic mass is 9.47. The highest BCUT2D eigenvalue weighted by Crippen LogP contribution is 2.68. The lowest BCUT2D eigenvalue weighted by Gasteiger charge is -2.60. The van der Waals surface area contributed by atoms with Crippen molar-refractivity contribution in [1.82, 2.24) is 0 Å². The Morgan fingerprint density at radius 2 is 1.18 bits per heavy atom. The molecule has 10 rings (SSSR count). The summed E-state index contributed by atoms with van der Waals surface area (Å²) in [5.74, 6) is -0.228. The van der Waals surface area contributed by atoms with Crippen LogP contribution in [0.2, 0.25) is 0 Å². The second-order valence-electron chi connectivity index (χ2n) is 26.9. The van der Waals surface area contributed by atoms with E-state index in [4.69, 9.17) is 56.3 Å². The van der Waals surface area contributed by atoms with Gasteiger partial charge in [0.05, 0.1) is 55.4 Å². The van der Waals surface area contributed by atoms with E-state index in [2.05, 4.69) is 33.8 Å². The van der Waals surface area contributed by atoms with Gasteiger partial charge < -0.3 is 118 Å². The Balaban J connectivity index is 0.911. The minimum Gasteiger partial charge on any atom is -0.394 e. The van der Waals surface area contributed by atoms with E-state index in [1.54, 1.807) is 0 Å². The molecule has 3 saturated carbocycles. The molecule has 0 bridgehead atoms. The molecule has 4 aliphatic carbocycles. The summed E-state index contributed by atoms with van der Waals surface area (Å²) in [6.07, 6.45) is -36.2. The smallest absolute Gasteiger partial charge is 0.394 e. The van der Waals surface area contributed by atoms with Crippen LogP contribution in [0.15, 0.2) is 11.6 Å². The molecule has 3 unspecified atom stereocenters. The Labute approximate surface area is 494 Å². The normalized spacial score (nSPS) is 53.7. The van der Waals surface area contributed by atoms with Crippen LogP contribution in [0.5, 0.6) is 0 Å². The van der Waals surface area contributed by atoms with Crippen LogP contribution in [0.25, 0.3) is 0 Å². The van der Waals surface area contributed by atoms with Crippen LogP contribution in [-0.2, 0) is 66.7 Å². The molecule has 0 amide bonds. The van der Waals surface area contributed by atoms with Crippen molar-refractivity contribution in [2.75, 3.05) is 13.2 Å². The van der Waals surface area contributed by atoms with E-state index in [-0.39, 0.29) is 48.2 Å². The van der Waals surface area contributed by atoms with Crippen molar-refractivity contribution in [1.29, 1.82) is 0 Å². The molecule has 6 heterocycles. The topological polar surface area (TPSA) is 431 Å². The Bertz CT molecular complexity index is 2430. The lowest BCUT2D eigenvalue weighted by Crippen LogP contribution is -2.67. The van der Waals surface area contributed by atoms with E-state index in [1.165, 1.54) is 26.3 Å². The van der Waals surface area contributed by atoms with Crippen LogP contribution >= 0.6 is 0 Å². The fraction of sp³-hybridized carbons (Fsp3) is 0.964.